The van der Waals surface area contributed by atoms with E-state index in [9.17, 15) is 12.8 Å². The molecule has 2 aromatic carbocycles. The Balaban J connectivity index is 1.91. The van der Waals surface area contributed by atoms with Gasteiger partial charge >= 0.3 is 0 Å². The number of morpholine rings is 1. The van der Waals surface area contributed by atoms with Gasteiger partial charge in [-0.2, -0.15) is 4.31 Å². The van der Waals surface area contributed by atoms with E-state index in [4.69, 9.17) is 21.1 Å². The second kappa shape index (κ2) is 9.30. The van der Waals surface area contributed by atoms with Crippen LogP contribution in [0.2, 0.25) is 5.02 Å². The minimum atomic E-state index is -3.67. The summed E-state index contributed by atoms with van der Waals surface area (Å²) < 4.78 is 52.5. The maximum Gasteiger partial charge on any atom is 0.243 e. The predicted molar refractivity (Wildman–Crippen MR) is 111 cm³/mol. The number of benzene rings is 2. The summed E-state index contributed by atoms with van der Waals surface area (Å²) in [4.78, 5) is 0.137. The molecule has 0 atom stereocenters. The Morgan fingerprint density at radius 2 is 1.97 bits per heavy atom. The predicted octanol–water partition coefficient (Wildman–Crippen LogP) is 3.90. The van der Waals surface area contributed by atoms with Crippen LogP contribution >= 0.6 is 11.6 Å². The van der Waals surface area contributed by atoms with Gasteiger partial charge in [0.05, 0.1) is 29.9 Å². The van der Waals surface area contributed by atoms with E-state index in [1.165, 1.54) is 28.6 Å². The molecule has 0 aliphatic carbocycles. The smallest absolute Gasteiger partial charge is 0.243 e. The van der Waals surface area contributed by atoms with Crippen LogP contribution in [0.15, 0.2) is 41.3 Å². The summed E-state index contributed by atoms with van der Waals surface area (Å²) in [7, 11) is -3.67. The van der Waals surface area contributed by atoms with Crippen molar-refractivity contribution in [2.24, 2.45) is 0 Å². The van der Waals surface area contributed by atoms with Crippen molar-refractivity contribution in [3.05, 3.63) is 52.8 Å². The molecule has 0 amide bonds. The molecule has 0 unspecified atom stereocenters. The fourth-order valence-electron chi connectivity index (χ4n) is 2.99. The van der Waals surface area contributed by atoms with Crippen LogP contribution in [0.4, 0.5) is 10.1 Å². The lowest BCUT2D eigenvalue weighted by Crippen LogP contribution is -2.40. The van der Waals surface area contributed by atoms with Gasteiger partial charge in [0.15, 0.2) is 0 Å². The highest BCUT2D eigenvalue weighted by atomic mass is 35.5. The van der Waals surface area contributed by atoms with Gasteiger partial charge in [-0.15, -0.1) is 0 Å². The lowest BCUT2D eigenvalue weighted by atomic mass is 10.2. The lowest BCUT2D eigenvalue weighted by Gasteiger charge is -2.26. The van der Waals surface area contributed by atoms with Crippen molar-refractivity contribution in [2.75, 3.05) is 31.6 Å². The average Bonchev–Trinajstić information content (AvgIpc) is 2.69. The summed E-state index contributed by atoms with van der Waals surface area (Å²) in [5.41, 5.74) is 0.749. The minimum Gasteiger partial charge on any atom is -0.489 e. The molecule has 2 aromatic rings. The third-order valence-electron chi connectivity index (χ3n) is 4.44. The Kier molecular flexibility index (Phi) is 7.00. The molecule has 29 heavy (non-hydrogen) atoms. The van der Waals surface area contributed by atoms with E-state index in [0.29, 0.717) is 48.3 Å². The molecule has 0 aromatic heterocycles. The molecule has 1 N–H and O–H groups in total. The van der Waals surface area contributed by atoms with E-state index in [0.717, 1.165) is 0 Å². The van der Waals surface area contributed by atoms with E-state index in [1.54, 1.807) is 12.1 Å². The topological polar surface area (TPSA) is 67.9 Å². The number of hydrogen-bond donors (Lipinski definition) is 1. The highest BCUT2D eigenvalue weighted by Crippen LogP contribution is 2.31. The molecule has 1 aliphatic rings. The van der Waals surface area contributed by atoms with Gasteiger partial charge in [0.2, 0.25) is 10.0 Å². The van der Waals surface area contributed by atoms with Gasteiger partial charge in [0, 0.05) is 30.2 Å². The number of ether oxygens (including phenoxy) is 2. The van der Waals surface area contributed by atoms with Gasteiger partial charge in [-0.1, -0.05) is 17.7 Å². The molecule has 0 radical (unpaired) electrons. The van der Waals surface area contributed by atoms with Crippen LogP contribution in [0, 0.1) is 5.82 Å². The number of hydrogen-bond acceptors (Lipinski definition) is 5. The third kappa shape index (κ3) is 5.19. The number of halogens is 2. The van der Waals surface area contributed by atoms with Crippen LogP contribution in [0.1, 0.15) is 19.4 Å². The molecule has 1 saturated heterocycles. The van der Waals surface area contributed by atoms with E-state index in [2.05, 4.69) is 5.32 Å². The summed E-state index contributed by atoms with van der Waals surface area (Å²) in [6, 6.07) is 9.10. The lowest BCUT2D eigenvalue weighted by molar-refractivity contribution is 0.0730. The molecule has 1 aliphatic heterocycles. The zero-order valence-corrected chi connectivity index (χ0v) is 17.9. The zero-order chi connectivity index (χ0) is 21.0. The molecule has 6 nitrogen and oxygen atoms in total. The molecule has 0 spiro atoms. The number of nitrogens with zero attached hydrogens (tertiary/aromatic N) is 1. The van der Waals surface area contributed by atoms with Crippen molar-refractivity contribution >= 4 is 27.3 Å². The number of rotatable bonds is 7. The quantitative estimate of drug-likeness (QED) is 0.704. The monoisotopic (exact) mass is 442 g/mol. The summed E-state index contributed by atoms with van der Waals surface area (Å²) in [6.45, 7) is 5.17. The van der Waals surface area contributed by atoms with Crippen molar-refractivity contribution in [1.29, 1.82) is 0 Å². The first kappa shape index (κ1) is 21.8. The van der Waals surface area contributed by atoms with Crippen LogP contribution in [0.3, 0.4) is 0 Å². The van der Waals surface area contributed by atoms with E-state index >= 15 is 0 Å². The second-order valence-corrected chi connectivity index (χ2v) is 9.24. The molecule has 1 fully saturated rings. The van der Waals surface area contributed by atoms with Gasteiger partial charge in [0.25, 0.3) is 0 Å². The molecular weight excluding hydrogens is 419 g/mol. The zero-order valence-electron chi connectivity index (χ0n) is 16.3. The highest BCUT2D eigenvalue weighted by Gasteiger charge is 2.27. The van der Waals surface area contributed by atoms with Crippen LogP contribution in [0.5, 0.6) is 5.75 Å². The van der Waals surface area contributed by atoms with Crippen molar-refractivity contribution in [3.8, 4) is 5.75 Å². The Hall–Kier alpha value is -1.87. The van der Waals surface area contributed by atoms with Crippen LogP contribution in [-0.2, 0) is 21.3 Å². The fourth-order valence-corrected chi connectivity index (χ4v) is 4.65. The van der Waals surface area contributed by atoms with Crippen LogP contribution in [-0.4, -0.2) is 45.1 Å². The standard InChI is InChI=1S/C20H24ClFN2O4S/c1-14(2)28-20-7-6-15(29(25,26)24-8-10-27-11-9-24)12-19(20)23-13-16-17(21)4-3-5-18(16)22/h3-7,12,14,23H,8-11,13H2,1-2H3. The Bertz CT molecular complexity index is 943. The van der Waals surface area contributed by atoms with Crippen molar-refractivity contribution < 1.29 is 22.3 Å². The first-order valence-corrected chi connectivity index (χ1v) is 11.2. The number of anilines is 1. The number of nitrogens with one attached hydrogen (secondary N) is 1. The molecule has 158 valence electrons. The normalized spacial score (nSPS) is 15.5. The first-order valence-electron chi connectivity index (χ1n) is 9.34. The number of sulfonamides is 1. The van der Waals surface area contributed by atoms with Crippen molar-refractivity contribution in [1.82, 2.24) is 4.31 Å². The maximum absolute atomic E-state index is 14.1. The van der Waals surface area contributed by atoms with Gasteiger partial charge in [0.1, 0.15) is 11.6 Å². The van der Waals surface area contributed by atoms with Crippen LogP contribution < -0.4 is 10.1 Å². The molecule has 0 saturated carbocycles. The molecule has 3 rings (SSSR count). The largest absolute Gasteiger partial charge is 0.489 e. The third-order valence-corrected chi connectivity index (χ3v) is 6.69. The fraction of sp³-hybridized carbons (Fsp3) is 0.400. The average molecular weight is 443 g/mol. The van der Waals surface area contributed by atoms with Crippen molar-refractivity contribution in [2.45, 2.75) is 31.4 Å². The summed E-state index contributed by atoms with van der Waals surface area (Å²) >= 11 is 6.10. The van der Waals surface area contributed by atoms with Gasteiger partial charge in [-0.3, -0.25) is 0 Å². The SMILES string of the molecule is CC(C)Oc1ccc(S(=O)(=O)N2CCOCC2)cc1NCc1c(F)cccc1Cl. The second-order valence-electron chi connectivity index (χ2n) is 6.89. The van der Waals surface area contributed by atoms with Crippen molar-refractivity contribution in [3.63, 3.8) is 0 Å². The van der Waals surface area contributed by atoms with Gasteiger partial charge in [-0.05, 0) is 44.2 Å². The molecule has 1 heterocycles. The molecule has 9 heteroatoms. The van der Waals surface area contributed by atoms with E-state index in [-0.39, 0.29) is 17.5 Å². The highest BCUT2D eigenvalue weighted by molar-refractivity contribution is 7.89. The van der Waals surface area contributed by atoms with Crippen LogP contribution in [0.25, 0.3) is 0 Å². The summed E-state index contributed by atoms with van der Waals surface area (Å²) in [5, 5.41) is 3.37. The molecular formula is C20H24ClFN2O4S. The van der Waals surface area contributed by atoms with E-state index in [1.807, 2.05) is 13.8 Å². The Morgan fingerprint density at radius 1 is 1.24 bits per heavy atom. The molecule has 0 bridgehead atoms. The first-order chi connectivity index (χ1) is 13.8. The Labute approximate surface area is 175 Å². The van der Waals surface area contributed by atoms with Gasteiger partial charge in [-0.25, -0.2) is 12.8 Å². The summed E-state index contributed by atoms with van der Waals surface area (Å²) in [5.74, 6) is 0.0433. The minimum absolute atomic E-state index is 0.0843. The van der Waals surface area contributed by atoms with Gasteiger partial charge < -0.3 is 14.8 Å². The Morgan fingerprint density at radius 3 is 2.62 bits per heavy atom. The van der Waals surface area contributed by atoms with E-state index < -0.39 is 15.8 Å². The summed E-state index contributed by atoms with van der Waals surface area (Å²) in [6.07, 6.45) is -0.116. The maximum atomic E-state index is 14.1.